The molecule has 0 spiro atoms. The first kappa shape index (κ1) is 28.4. The molecule has 6 rings (SSSR count). The van der Waals surface area contributed by atoms with Gasteiger partial charge in [-0.3, -0.25) is 4.79 Å². The lowest BCUT2D eigenvalue weighted by Gasteiger charge is -2.26. The van der Waals surface area contributed by atoms with Crippen molar-refractivity contribution in [2.24, 2.45) is 0 Å². The highest BCUT2D eigenvalue weighted by Crippen LogP contribution is 2.36. The van der Waals surface area contributed by atoms with Crippen molar-refractivity contribution in [3.63, 3.8) is 0 Å². The summed E-state index contributed by atoms with van der Waals surface area (Å²) in [6.07, 6.45) is 2.39. The zero-order chi connectivity index (χ0) is 30.0. The molecule has 3 aromatic carbocycles. The number of halogens is 1. The third-order valence-corrected chi connectivity index (χ3v) is 9.18. The Bertz CT molecular complexity index is 1740. The van der Waals surface area contributed by atoms with Crippen LogP contribution in [0.25, 0.3) is 0 Å². The molecule has 13 heteroatoms. The lowest BCUT2D eigenvalue weighted by molar-refractivity contribution is -0.124. The number of nitrogens with zero attached hydrogens (tertiary/aromatic N) is 3. The molecule has 1 fully saturated rings. The summed E-state index contributed by atoms with van der Waals surface area (Å²) in [6.45, 7) is 0.244. The van der Waals surface area contributed by atoms with E-state index in [1.54, 1.807) is 49.7 Å². The maximum atomic E-state index is 13.8. The fraction of sp³-hybridized carbons (Fsp3) is 0.233. The molecular formula is C30H28FN5O6S. The molecule has 0 bridgehead atoms. The molecule has 2 aliphatic heterocycles. The number of carbonyl (C=O) groups excluding carboxylic acids is 1. The smallest absolute Gasteiger partial charge is 0.243 e. The molecule has 2 atom stereocenters. The molecule has 222 valence electrons. The summed E-state index contributed by atoms with van der Waals surface area (Å²) in [4.78, 5) is 22.7. The number of rotatable bonds is 9. The second-order valence-corrected chi connectivity index (χ2v) is 11.8. The van der Waals surface area contributed by atoms with E-state index in [0.29, 0.717) is 47.3 Å². The molecule has 2 aliphatic rings. The fourth-order valence-electron chi connectivity index (χ4n) is 5.09. The Kier molecular flexibility index (Phi) is 7.82. The number of carbonyl (C=O) groups is 1. The number of nitrogens with one attached hydrogen (secondary N) is 2. The SMILES string of the molecule is COc1ccc(Nc2nccc(C(NC(=O)[C@@H]3CCCN3S(=O)(=O)c3ccc(F)cc3)c3ccc4c(c3)OCO4)n2)cc1. The Hall–Kier alpha value is -4.75. The van der Waals surface area contributed by atoms with Crippen molar-refractivity contribution in [2.45, 2.75) is 29.8 Å². The molecule has 11 nitrogen and oxygen atoms in total. The number of ether oxygens (including phenoxy) is 3. The minimum absolute atomic E-state index is 0.0778. The predicted octanol–water partition coefficient (Wildman–Crippen LogP) is 4.16. The third kappa shape index (κ3) is 5.94. The number of benzene rings is 3. The third-order valence-electron chi connectivity index (χ3n) is 7.26. The first-order valence-corrected chi connectivity index (χ1v) is 15.0. The molecule has 1 amide bonds. The molecule has 4 aromatic rings. The second kappa shape index (κ2) is 11.9. The van der Waals surface area contributed by atoms with E-state index in [0.717, 1.165) is 17.8 Å². The number of aromatic nitrogens is 2. The molecule has 0 aliphatic carbocycles. The van der Waals surface area contributed by atoms with E-state index in [2.05, 4.69) is 20.6 Å². The zero-order valence-corrected chi connectivity index (χ0v) is 23.9. The molecule has 1 unspecified atom stereocenters. The molecule has 1 aromatic heterocycles. The zero-order valence-electron chi connectivity index (χ0n) is 23.1. The maximum absolute atomic E-state index is 13.8. The van der Waals surface area contributed by atoms with Crippen molar-refractivity contribution < 1.29 is 31.8 Å². The van der Waals surface area contributed by atoms with Crippen LogP contribution in [0.15, 0.2) is 83.9 Å². The number of amides is 1. The number of sulfonamides is 1. The first-order valence-electron chi connectivity index (χ1n) is 13.5. The van der Waals surface area contributed by atoms with Crippen LogP contribution < -0.4 is 24.8 Å². The fourth-order valence-corrected chi connectivity index (χ4v) is 6.74. The molecular weight excluding hydrogens is 577 g/mol. The van der Waals surface area contributed by atoms with Gasteiger partial charge in [0.2, 0.25) is 28.7 Å². The number of fused-ring (bicyclic) bond motifs is 1. The van der Waals surface area contributed by atoms with Crippen molar-refractivity contribution in [3.05, 3.63) is 96.1 Å². The van der Waals surface area contributed by atoms with Gasteiger partial charge < -0.3 is 24.8 Å². The standard InChI is InChI=1S/C30H28FN5O6S/c1-40-22-9-7-21(8-10-22)33-30-32-15-14-24(34-30)28(19-4-13-26-27(17-19)42-18-41-26)35-29(37)25-3-2-16-36(25)43(38,39)23-11-5-20(31)6-12-23/h4-15,17,25,28H,2-3,16,18H2,1H3,(H,35,37)(H,32,33,34)/t25-,28?/m0/s1. The topological polar surface area (TPSA) is 132 Å². The summed E-state index contributed by atoms with van der Waals surface area (Å²) in [7, 11) is -2.46. The van der Waals surface area contributed by atoms with Gasteiger partial charge in [0.15, 0.2) is 11.5 Å². The van der Waals surface area contributed by atoms with Gasteiger partial charge >= 0.3 is 0 Å². The number of hydrogen-bond donors (Lipinski definition) is 2. The Labute approximate surface area is 247 Å². The van der Waals surface area contributed by atoms with Gasteiger partial charge in [0.05, 0.1) is 23.7 Å². The average molecular weight is 606 g/mol. The maximum Gasteiger partial charge on any atom is 0.243 e. The highest BCUT2D eigenvalue weighted by atomic mass is 32.2. The number of hydrogen-bond acceptors (Lipinski definition) is 9. The predicted molar refractivity (Wildman–Crippen MR) is 154 cm³/mol. The van der Waals surface area contributed by atoms with E-state index in [-0.39, 0.29) is 18.2 Å². The molecule has 0 radical (unpaired) electrons. The van der Waals surface area contributed by atoms with E-state index >= 15 is 0 Å². The van der Waals surface area contributed by atoms with Crippen molar-refractivity contribution in [2.75, 3.05) is 25.8 Å². The summed E-state index contributed by atoms with van der Waals surface area (Å²) in [6, 6.07) is 17.0. The summed E-state index contributed by atoms with van der Waals surface area (Å²) in [5.41, 5.74) is 1.84. The van der Waals surface area contributed by atoms with Gasteiger partial charge in [-0.25, -0.2) is 22.8 Å². The van der Waals surface area contributed by atoms with Crippen molar-refractivity contribution in [1.29, 1.82) is 0 Å². The van der Waals surface area contributed by atoms with Crippen molar-refractivity contribution in [3.8, 4) is 17.2 Å². The van der Waals surface area contributed by atoms with Gasteiger partial charge in [-0.15, -0.1) is 0 Å². The summed E-state index contributed by atoms with van der Waals surface area (Å²) >= 11 is 0. The Morgan fingerprint density at radius 3 is 2.58 bits per heavy atom. The number of methoxy groups -OCH3 is 1. The van der Waals surface area contributed by atoms with Crippen LogP contribution >= 0.6 is 0 Å². The average Bonchev–Trinajstić information content (AvgIpc) is 3.71. The molecule has 43 heavy (non-hydrogen) atoms. The van der Waals surface area contributed by atoms with E-state index < -0.39 is 33.8 Å². The Balaban J connectivity index is 1.30. The highest BCUT2D eigenvalue weighted by molar-refractivity contribution is 7.89. The van der Waals surface area contributed by atoms with E-state index in [1.165, 1.54) is 16.4 Å². The van der Waals surface area contributed by atoms with Crippen LogP contribution in [0.3, 0.4) is 0 Å². The largest absolute Gasteiger partial charge is 0.497 e. The lowest BCUT2D eigenvalue weighted by atomic mass is 10.0. The van der Waals surface area contributed by atoms with E-state index in [4.69, 9.17) is 14.2 Å². The van der Waals surface area contributed by atoms with Gasteiger partial charge in [-0.1, -0.05) is 6.07 Å². The lowest BCUT2D eigenvalue weighted by Crippen LogP contribution is -2.47. The highest BCUT2D eigenvalue weighted by Gasteiger charge is 2.40. The Morgan fingerprint density at radius 2 is 1.81 bits per heavy atom. The Morgan fingerprint density at radius 1 is 1.05 bits per heavy atom. The monoisotopic (exact) mass is 605 g/mol. The minimum atomic E-state index is -4.04. The molecule has 1 saturated heterocycles. The van der Waals surface area contributed by atoms with E-state index in [9.17, 15) is 17.6 Å². The minimum Gasteiger partial charge on any atom is -0.497 e. The van der Waals surface area contributed by atoms with Gasteiger partial charge in [0, 0.05) is 18.4 Å². The molecule has 2 N–H and O–H groups in total. The van der Waals surface area contributed by atoms with Gasteiger partial charge in [0.1, 0.15) is 17.6 Å². The second-order valence-electron chi connectivity index (χ2n) is 9.94. The van der Waals surface area contributed by atoms with Crippen molar-refractivity contribution in [1.82, 2.24) is 19.6 Å². The molecule has 3 heterocycles. The summed E-state index contributed by atoms with van der Waals surface area (Å²) < 4.78 is 57.7. The van der Waals surface area contributed by atoms with Crippen LogP contribution in [-0.2, 0) is 14.8 Å². The van der Waals surface area contributed by atoms with Gasteiger partial charge in [-0.2, -0.15) is 4.31 Å². The molecule has 0 saturated carbocycles. The van der Waals surface area contributed by atoms with Crippen LogP contribution in [-0.4, -0.2) is 55.1 Å². The van der Waals surface area contributed by atoms with Crippen LogP contribution in [0.5, 0.6) is 17.2 Å². The summed E-state index contributed by atoms with van der Waals surface area (Å²) in [5.74, 6) is 1.05. The first-order chi connectivity index (χ1) is 20.8. The van der Waals surface area contributed by atoms with Gasteiger partial charge in [-0.05, 0) is 85.1 Å². The quantitative estimate of drug-likeness (QED) is 0.289. The van der Waals surface area contributed by atoms with Crippen LogP contribution in [0.2, 0.25) is 0 Å². The van der Waals surface area contributed by atoms with Crippen LogP contribution in [0.4, 0.5) is 16.0 Å². The van der Waals surface area contributed by atoms with Crippen molar-refractivity contribution >= 4 is 27.6 Å². The van der Waals surface area contributed by atoms with Crippen LogP contribution in [0, 0.1) is 5.82 Å². The summed E-state index contributed by atoms with van der Waals surface area (Å²) in [5, 5.41) is 6.17. The normalized spacial score (nSPS) is 16.9. The van der Waals surface area contributed by atoms with Gasteiger partial charge in [0.25, 0.3) is 0 Å². The van der Waals surface area contributed by atoms with E-state index in [1.807, 2.05) is 12.1 Å². The number of anilines is 2. The van der Waals surface area contributed by atoms with Crippen LogP contribution in [0.1, 0.15) is 30.1 Å².